The highest BCUT2D eigenvalue weighted by atomic mass is 35.5. The number of nitrogens with two attached hydrogens (primary N) is 1. The summed E-state index contributed by atoms with van der Waals surface area (Å²) < 4.78 is 0. The van der Waals surface area contributed by atoms with Crippen molar-refractivity contribution in [1.29, 1.82) is 0 Å². The largest absolute Gasteiger partial charge is 0.368 e. The summed E-state index contributed by atoms with van der Waals surface area (Å²) in [6.07, 6.45) is 0. The van der Waals surface area contributed by atoms with Gasteiger partial charge in [0, 0.05) is 16.3 Å². The molecule has 132 valence electrons. The van der Waals surface area contributed by atoms with Gasteiger partial charge in [-0.05, 0) is 24.3 Å². The number of amides is 3. The second kappa shape index (κ2) is 6.03. The molecule has 8 heteroatoms. The first-order valence-corrected chi connectivity index (χ1v) is 9.24. The Balaban J connectivity index is 1.92. The number of benzene rings is 2. The standard InChI is InChI=1S/C18H14ClN3O3S/c19-11-4-3-5-12(8-11)22-16(24)10-26-18(22)13-6-1-2-7-14(13)21(17(18)25)9-15(20)23/h1-8H,9-10H2,(H2,20,23)/t18-/m0/s1. The van der Waals surface area contributed by atoms with Crippen molar-refractivity contribution in [3.8, 4) is 0 Å². The number of primary amides is 1. The van der Waals surface area contributed by atoms with Crippen molar-refractivity contribution < 1.29 is 14.4 Å². The van der Waals surface area contributed by atoms with Gasteiger partial charge in [-0.3, -0.25) is 24.2 Å². The molecule has 2 heterocycles. The number of thioether (sulfide) groups is 1. The number of anilines is 2. The minimum atomic E-state index is -1.26. The number of carbonyl (C=O) groups excluding carboxylic acids is 3. The molecule has 0 unspecified atom stereocenters. The van der Waals surface area contributed by atoms with E-state index in [4.69, 9.17) is 17.3 Å². The third-order valence-electron chi connectivity index (χ3n) is 4.44. The molecule has 0 radical (unpaired) electrons. The summed E-state index contributed by atoms with van der Waals surface area (Å²) in [5.41, 5.74) is 7.13. The number of fused-ring (bicyclic) bond motifs is 2. The predicted octanol–water partition coefficient (Wildman–Crippen LogP) is 2.10. The van der Waals surface area contributed by atoms with Crippen LogP contribution in [0.3, 0.4) is 0 Å². The SMILES string of the molecule is NC(=O)CN1C(=O)[C@@]2(SCC(=O)N2c2cccc(Cl)c2)c2ccccc21. The molecule has 0 aromatic heterocycles. The molecule has 0 aliphatic carbocycles. The molecule has 26 heavy (non-hydrogen) atoms. The van der Waals surface area contributed by atoms with Gasteiger partial charge in [-0.1, -0.05) is 35.9 Å². The number of rotatable bonds is 3. The van der Waals surface area contributed by atoms with Crippen LogP contribution in [0.2, 0.25) is 5.02 Å². The van der Waals surface area contributed by atoms with E-state index < -0.39 is 10.8 Å². The van der Waals surface area contributed by atoms with Gasteiger partial charge in [-0.15, -0.1) is 11.8 Å². The van der Waals surface area contributed by atoms with Crippen LogP contribution in [0.4, 0.5) is 11.4 Å². The Labute approximate surface area is 158 Å². The van der Waals surface area contributed by atoms with E-state index in [-0.39, 0.29) is 24.1 Å². The smallest absolute Gasteiger partial charge is 0.269 e. The monoisotopic (exact) mass is 387 g/mol. The molecule has 2 aromatic carbocycles. The molecule has 3 amide bonds. The van der Waals surface area contributed by atoms with E-state index in [9.17, 15) is 14.4 Å². The molecular weight excluding hydrogens is 374 g/mol. The zero-order chi connectivity index (χ0) is 18.5. The van der Waals surface area contributed by atoms with Crippen LogP contribution in [0.25, 0.3) is 0 Å². The molecule has 0 bridgehead atoms. The average Bonchev–Trinajstić information content (AvgIpc) is 3.07. The van der Waals surface area contributed by atoms with Crippen LogP contribution >= 0.6 is 23.4 Å². The van der Waals surface area contributed by atoms with Gasteiger partial charge in [0.05, 0.1) is 11.4 Å². The van der Waals surface area contributed by atoms with E-state index in [0.29, 0.717) is 22.0 Å². The Morgan fingerprint density at radius 3 is 2.69 bits per heavy atom. The maximum absolute atomic E-state index is 13.4. The first kappa shape index (κ1) is 16.9. The highest BCUT2D eigenvalue weighted by Gasteiger charge is 2.61. The number of halogens is 1. The topological polar surface area (TPSA) is 83.7 Å². The van der Waals surface area contributed by atoms with E-state index in [1.54, 1.807) is 48.5 Å². The average molecular weight is 388 g/mol. The lowest BCUT2D eigenvalue weighted by atomic mass is 10.0. The van der Waals surface area contributed by atoms with E-state index in [1.807, 2.05) is 0 Å². The first-order chi connectivity index (χ1) is 12.4. The summed E-state index contributed by atoms with van der Waals surface area (Å²) in [5.74, 6) is -1.01. The summed E-state index contributed by atoms with van der Waals surface area (Å²) in [5, 5.41) is 0.468. The Morgan fingerprint density at radius 1 is 1.19 bits per heavy atom. The highest BCUT2D eigenvalue weighted by molar-refractivity contribution is 8.02. The van der Waals surface area contributed by atoms with Crippen molar-refractivity contribution in [2.24, 2.45) is 5.73 Å². The van der Waals surface area contributed by atoms with Crippen LogP contribution in [0, 0.1) is 0 Å². The Hall–Kier alpha value is -2.51. The molecule has 6 nitrogen and oxygen atoms in total. The summed E-state index contributed by atoms with van der Waals surface area (Å²) in [7, 11) is 0. The van der Waals surface area contributed by atoms with Gasteiger partial charge >= 0.3 is 0 Å². The van der Waals surface area contributed by atoms with Crippen LogP contribution < -0.4 is 15.5 Å². The first-order valence-electron chi connectivity index (χ1n) is 7.87. The minimum absolute atomic E-state index is 0.150. The zero-order valence-electron chi connectivity index (χ0n) is 13.5. The molecule has 4 rings (SSSR count). The Kier molecular flexibility index (Phi) is 3.93. The van der Waals surface area contributed by atoms with Crippen molar-refractivity contribution in [2.75, 3.05) is 22.1 Å². The van der Waals surface area contributed by atoms with E-state index in [0.717, 1.165) is 0 Å². The summed E-state index contributed by atoms with van der Waals surface area (Å²) in [4.78, 5) is 39.2. The van der Waals surface area contributed by atoms with E-state index >= 15 is 0 Å². The van der Waals surface area contributed by atoms with Crippen molar-refractivity contribution in [1.82, 2.24) is 0 Å². The van der Waals surface area contributed by atoms with Crippen LogP contribution in [0.15, 0.2) is 48.5 Å². The van der Waals surface area contributed by atoms with Gasteiger partial charge in [0.2, 0.25) is 16.7 Å². The lowest BCUT2D eigenvalue weighted by Gasteiger charge is -2.33. The van der Waals surface area contributed by atoms with Gasteiger partial charge in [0.25, 0.3) is 5.91 Å². The van der Waals surface area contributed by atoms with Gasteiger partial charge in [-0.2, -0.15) is 0 Å². The maximum atomic E-state index is 13.4. The molecule has 2 aliphatic rings. The van der Waals surface area contributed by atoms with Crippen molar-refractivity contribution >= 4 is 52.5 Å². The summed E-state index contributed by atoms with van der Waals surface area (Å²) in [6, 6.07) is 14.0. The quantitative estimate of drug-likeness (QED) is 0.874. The van der Waals surface area contributed by atoms with Gasteiger partial charge in [0.15, 0.2) is 0 Å². The number of hydrogen-bond donors (Lipinski definition) is 1. The fourth-order valence-electron chi connectivity index (χ4n) is 3.48. The number of nitrogens with zero attached hydrogens (tertiary/aromatic N) is 2. The number of carbonyl (C=O) groups is 3. The lowest BCUT2D eigenvalue weighted by Crippen LogP contribution is -2.51. The van der Waals surface area contributed by atoms with E-state index in [2.05, 4.69) is 0 Å². The maximum Gasteiger partial charge on any atom is 0.269 e. The molecule has 2 N–H and O–H groups in total. The molecule has 0 saturated carbocycles. The molecule has 2 aliphatic heterocycles. The fraction of sp³-hybridized carbons (Fsp3) is 0.167. The summed E-state index contributed by atoms with van der Waals surface area (Å²) >= 11 is 7.34. The zero-order valence-corrected chi connectivity index (χ0v) is 15.1. The minimum Gasteiger partial charge on any atom is -0.368 e. The van der Waals surface area contributed by atoms with Crippen LogP contribution in [0.1, 0.15) is 5.56 Å². The van der Waals surface area contributed by atoms with Crippen molar-refractivity contribution in [3.05, 3.63) is 59.1 Å². The lowest BCUT2D eigenvalue weighted by molar-refractivity contribution is -0.125. The van der Waals surface area contributed by atoms with Crippen LogP contribution in [-0.2, 0) is 19.3 Å². The molecule has 1 saturated heterocycles. The number of para-hydroxylation sites is 1. The third kappa shape index (κ3) is 2.31. The van der Waals surface area contributed by atoms with Gasteiger partial charge in [-0.25, -0.2) is 0 Å². The number of hydrogen-bond acceptors (Lipinski definition) is 4. The van der Waals surface area contributed by atoms with Gasteiger partial charge in [0.1, 0.15) is 6.54 Å². The van der Waals surface area contributed by atoms with E-state index in [1.165, 1.54) is 21.6 Å². The van der Waals surface area contributed by atoms with Crippen molar-refractivity contribution in [2.45, 2.75) is 4.87 Å². The van der Waals surface area contributed by atoms with Crippen LogP contribution in [-0.4, -0.2) is 30.0 Å². The second-order valence-electron chi connectivity index (χ2n) is 6.02. The molecule has 1 atom stereocenters. The molecular formula is C18H14ClN3O3S. The normalized spacial score (nSPS) is 21.6. The predicted molar refractivity (Wildman–Crippen MR) is 101 cm³/mol. The second-order valence-corrected chi connectivity index (χ2v) is 7.62. The summed E-state index contributed by atoms with van der Waals surface area (Å²) in [6.45, 7) is -0.240. The molecule has 1 spiro atoms. The highest BCUT2D eigenvalue weighted by Crippen LogP contribution is 2.55. The van der Waals surface area contributed by atoms with Crippen LogP contribution in [0.5, 0.6) is 0 Å². The van der Waals surface area contributed by atoms with Crippen molar-refractivity contribution in [3.63, 3.8) is 0 Å². The third-order valence-corrected chi connectivity index (χ3v) is 6.07. The molecule has 2 aromatic rings. The van der Waals surface area contributed by atoms with Gasteiger partial charge < -0.3 is 5.73 Å². The Morgan fingerprint density at radius 2 is 1.96 bits per heavy atom. The molecule has 1 fully saturated rings. The fourth-order valence-corrected chi connectivity index (χ4v) is 5.03. The Bertz CT molecular complexity index is 951.